The average molecular weight is 275 g/mol. The molecule has 20 heavy (non-hydrogen) atoms. The van der Waals surface area contributed by atoms with Crippen LogP contribution in [0.5, 0.6) is 5.75 Å². The molecule has 6 heteroatoms. The van der Waals surface area contributed by atoms with E-state index in [-0.39, 0.29) is 12.5 Å². The molecule has 0 saturated carbocycles. The zero-order valence-electron chi connectivity index (χ0n) is 11.5. The van der Waals surface area contributed by atoms with Gasteiger partial charge in [-0.25, -0.2) is 0 Å². The monoisotopic (exact) mass is 275 g/mol. The molecular weight excluding hydrogens is 258 g/mol. The lowest BCUT2D eigenvalue weighted by Crippen LogP contribution is -2.28. The van der Waals surface area contributed by atoms with E-state index in [1.54, 1.807) is 12.1 Å². The molecule has 106 valence electrons. The van der Waals surface area contributed by atoms with Crippen LogP contribution in [0.3, 0.4) is 0 Å². The number of benzene rings is 1. The molecule has 0 bridgehead atoms. The normalized spacial score (nSPS) is 10.3. The van der Waals surface area contributed by atoms with E-state index in [4.69, 9.17) is 9.26 Å². The van der Waals surface area contributed by atoms with Crippen LogP contribution in [0, 0.1) is 0 Å². The van der Waals surface area contributed by atoms with Gasteiger partial charge in [-0.2, -0.15) is 4.98 Å². The number of likely N-dealkylation sites (N-methyl/N-ethyl adjacent to an activating group) is 1. The van der Waals surface area contributed by atoms with E-state index in [0.29, 0.717) is 24.0 Å². The highest BCUT2D eigenvalue weighted by molar-refractivity contribution is 5.77. The zero-order valence-corrected chi connectivity index (χ0v) is 11.5. The molecule has 0 aliphatic carbocycles. The Morgan fingerprint density at radius 3 is 2.95 bits per heavy atom. The van der Waals surface area contributed by atoms with Crippen LogP contribution in [0.1, 0.15) is 19.7 Å². The minimum Gasteiger partial charge on any atom is -0.484 e. The molecular formula is C14H17N3O3. The molecule has 2 aromatic rings. The molecule has 0 unspecified atom stereocenters. The summed E-state index contributed by atoms with van der Waals surface area (Å²) in [5.74, 6) is 1.55. The van der Waals surface area contributed by atoms with Gasteiger partial charge >= 0.3 is 0 Å². The van der Waals surface area contributed by atoms with Gasteiger partial charge in [-0.15, -0.1) is 0 Å². The van der Waals surface area contributed by atoms with Gasteiger partial charge in [0, 0.05) is 18.5 Å². The van der Waals surface area contributed by atoms with Gasteiger partial charge < -0.3 is 14.6 Å². The molecule has 0 aliphatic heterocycles. The van der Waals surface area contributed by atoms with E-state index in [0.717, 1.165) is 12.0 Å². The molecule has 6 nitrogen and oxygen atoms in total. The molecule has 1 aromatic carbocycles. The fourth-order valence-corrected chi connectivity index (χ4v) is 1.63. The summed E-state index contributed by atoms with van der Waals surface area (Å²) in [5.41, 5.74) is 0.769. The number of aryl methyl sites for hydroxylation is 1. The summed E-state index contributed by atoms with van der Waals surface area (Å²) in [6.45, 7) is 4.39. The van der Waals surface area contributed by atoms with Crippen molar-refractivity contribution in [3.63, 3.8) is 0 Å². The molecule has 0 spiro atoms. The van der Waals surface area contributed by atoms with Gasteiger partial charge in [0.05, 0.1) is 0 Å². The Hall–Kier alpha value is -2.37. The molecule has 0 saturated heterocycles. The second-order valence-corrected chi connectivity index (χ2v) is 4.14. The number of hydrogen-bond donors (Lipinski definition) is 1. The second kappa shape index (κ2) is 6.70. The predicted molar refractivity (Wildman–Crippen MR) is 73.3 cm³/mol. The maximum Gasteiger partial charge on any atom is 0.258 e. The molecule has 0 radical (unpaired) electrons. The van der Waals surface area contributed by atoms with Gasteiger partial charge in [0.2, 0.25) is 0 Å². The third-order valence-electron chi connectivity index (χ3n) is 2.61. The fourth-order valence-electron chi connectivity index (χ4n) is 1.63. The zero-order chi connectivity index (χ0) is 14.4. The first kappa shape index (κ1) is 14.0. The Bertz CT molecular complexity index is 581. The summed E-state index contributed by atoms with van der Waals surface area (Å²) in [4.78, 5) is 15.6. The highest BCUT2D eigenvalue weighted by atomic mass is 16.5. The number of amides is 1. The number of ether oxygens (including phenoxy) is 1. The number of carbonyl (C=O) groups is 1. The lowest BCUT2D eigenvalue weighted by molar-refractivity contribution is -0.122. The number of hydrogen-bond acceptors (Lipinski definition) is 5. The Labute approximate surface area is 117 Å². The molecule has 1 heterocycles. The van der Waals surface area contributed by atoms with Crippen LogP contribution >= 0.6 is 0 Å². The second-order valence-electron chi connectivity index (χ2n) is 4.14. The first-order chi connectivity index (χ1) is 9.72. The SMILES string of the molecule is CCNC(=O)COc1cccc(-c2nc(CC)no2)c1. The molecule has 0 aliphatic rings. The first-order valence-corrected chi connectivity index (χ1v) is 6.55. The molecule has 0 atom stereocenters. The Morgan fingerprint density at radius 1 is 1.40 bits per heavy atom. The molecule has 1 N–H and O–H groups in total. The van der Waals surface area contributed by atoms with Gasteiger partial charge in [-0.05, 0) is 25.1 Å². The van der Waals surface area contributed by atoms with Crippen molar-refractivity contribution in [1.82, 2.24) is 15.5 Å². The van der Waals surface area contributed by atoms with Crippen LogP contribution in [-0.4, -0.2) is 29.2 Å². The maximum atomic E-state index is 11.3. The van der Waals surface area contributed by atoms with Crippen LogP contribution in [0.4, 0.5) is 0 Å². The Balaban J connectivity index is 2.06. The van der Waals surface area contributed by atoms with Crippen molar-refractivity contribution in [2.45, 2.75) is 20.3 Å². The van der Waals surface area contributed by atoms with E-state index >= 15 is 0 Å². The number of nitrogens with one attached hydrogen (secondary N) is 1. The van der Waals surface area contributed by atoms with E-state index in [9.17, 15) is 4.79 Å². The van der Waals surface area contributed by atoms with Crippen molar-refractivity contribution in [3.8, 4) is 17.2 Å². The van der Waals surface area contributed by atoms with E-state index < -0.39 is 0 Å². The van der Waals surface area contributed by atoms with E-state index in [1.165, 1.54) is 0 Å². The summed E-state index contributed by atoms with van der Waals surface area (Å²) < 4.78 is 10.6. The molecule has 1 amide bonds. The maximum absolute atomic E-state index is 11.3. The highest BCUT2D eigenvalue weighted by Gasteiger charge is 2.09. The minimum absolute atomic E-state index is 0.0126. The van der Waals surface area contributed by atoms with Crippen molar-refractivity contribution < 1.29 is 14.1 Å². The lowest BCUT2D eigenvalue weighted by Gasteiger charge is -2.06. The fraction of sp³-hybridized carbons (Fsp3) is 0.357. The topological polar surface area (TPSA) is 77.2 Å². The quantitative estimate of drug-likeness (QED) is 0.870. The number of carbonyl (C=O) groups excluding carboxylic acids is 1. The van der Waals surface area contributed by atoms with Crippen molar-refractivity contribution in [3.05, 3.63) is 30.1 Å². The third kappa shape index (κ3) is 3.57. The number of aromatic nitrogens is 2. The number of rotatable bonds is 6. The van der Waals surface area contributed by atoms with Crippen molar-refractivity contribution >= 4 is 5.91 Å². The van der Waals surface area contributed by atoms with Gasteiger partial charge in [0.1, 0.15) is 5.75 Å². The smallest absolute Gasteiger partial charge is 0.258 e. The third-order valence-corrected chi connectivity index (χ3v) is 2.61. The van der Waals surface area contributed by atoms with Crippen LogP contribution < -0.4 is 10.1 Å². The summed E-state index contributed by atoms with van der Waals surface area (Å²) in [6, 6.07) is 7.22. The average Bonchev–Trinajstić information content (AvgIpc) is 2.95. The summed E-state index contributed by atoms with van der Waals surface area (Å²) >= 11 is 0. The molecule has 0 fully saturated rings. The summed E-state index contributed by atoms with van der Waals surface area (Å²) in [7, 11) is 0. The van der Waals surface area contributed by atoms with E-state index in [2.05, 4.69) is 15.5 Å². The minimum atomic E-state index is -0.149. The van der Waals surface area contributed by atoms with Crippen LogP contribution in [0.15, 0.2) is 28.8 Å². The van der Waals surface area contributed by atoms with Crippen molar-refractivity contribution in [2.24, 2.45) is 0 Å². The highest BCUT2D eigenvalue weighted by Crippen LogP contribution is 2.22. The Kier molecular flexibility index (Phi) is 4.70. The van der Waals surface area contributed by atoms with Crippen molar-refractivity contribution in [1.29, 1.82) is 0 Å². The largest absolute Gasteiger partial charge is 0.484 e. The lowest BCUT2D eigenvalue weighted by atomic mass is 10.2. The van der Waals surface area contributed by atoms with Gasteiger partial charge in [-0.1, -0.05) is 18.1 Å². The standard InChI is InChI=1S/C14H17N3O3/c1-3-12-16-14(20-17-12)10-6-5-7-11(8-10)19-9-13(18)15-4-2/h5-8H,3-4,9H2,1-2H3,(H,15,18). The molecule has 1 aromatic heterocycles. The first-order valence-electron chi connectivity index (χ1n) is 6.55. The van der Waals surface area contributed by atoms with Crippen LogP contribution in [0.2, 0.25) is 0 Å². The van der Waals surface area contributed by atoms with Crippen LogP contribution in [0.25, 0.3) is 11.5 Å². The van der Waals surface area contributed by atoms with Gasteiger partial charge in [0.15, 0.2) is 12.4 Å². The Morgan fingerprint density at radius 2 is 2.25 bits per heavy atom. The summed E-state index contributed by atoms with van der Waals surface area (Å²) in [5, 5.41) is 6.52. The number of nitrogens with zero attached hydrogens (tertiary/aromatic N) is 2. The summed E-state index contributed by atoms with van der Waals surface area (Å²) in [6.07, 6.45) is 0.719. The molecule has 2 rings (SSSR count). The predicted octanol–water partition coefficient (Wildman–Crippen LogP) is 1.81. The van der Waals surface area contributed by atoms with E-state index in [1.807, 2.05) is 26.0 Å². The van der Waals surface area contributed by atoms with Gasteiger partial charge in [0.25, 0.3) is 11.8 Å². The van der Waals surface area contributed by atoms with Gasteiger partial charge in [-0.3, -0.25) is 4.79 Å². The van der Waals surface area contributed by atoms with Crippen molar-refractivity contribution in [2.75, 3.05) is 13.2 Å². The van der Waals surface area contributed by atoms with Crippen LogP contribution in [-0.2, 0) is 11.2 Å².